The van der Waals surface area contributed by atoms with Gasteiger partial charge in [0.1, 0.15) is 6.61 Å². The number of carbonyl (C=O) groups is 1. The maximum Gasteiger partial charge on any atom is 0.323 e. The molecule has 0 spiro atoms. The zero-order valence-electron chi connectivity index (χ0n) is 10.4. The molecule has 17 heavy (non-hydrogen) atoms. The van der Waals surface area contributed by atoms with Crippen LogP contribution in [0.5, 0.6) is 0 Å². The lowest BCUT2D eigenvalue weighted by Crippen LogP contribution is -2.36. The van der Waals surface area contributed by atoms with E-state index in [4.69, 9.17) is 0 Å². The quantitative estimate of drug-likeness (QED) is 0.789. The minimum Gasteiger partial charge on any atom is -0.330 e. The molecule has 0 bridgehead atoms. The molecule has 1 radical (unpaired) electrons. The fourth-order valence-electron chi connectivity index (χ4n) is 1.43. The molecule has 0 aliphatic rings. The largest absolute Gasteiger partial charge is 0.330 e. The number of benzene rings is 1. The fourth-order valence-corrected chi connectivity index (χ4v) is 1.43. The van der Waals surface area contributed by atoms with E-state index in [1.165, 1.54) is 4.90 Å². The number of hydrogen-bond donors (Lipinski definition) is 0. The van der Waals surface area contributed by atoms with Gasteiger partial charge in [-0.3, -0.25) is 4.90 Å². The smallest absolute Gasteiger partial charge is 0.323 e. The van der Waals surface area contributed by atoms with E-state index >= 15 is 0 Å². The second-order valence-electron chi connectivity index (χ2n) is 3.90. The van der Waals surface area contributed by atoms with Gasteiger partial charge in [-0.1, -0.05) is 24.3 Å². The Balaban J connectivity index is 2.91. The van der Waals surface area contributed by atoms with Crippen LogP contribution in [0.3, 0.4) is 0 Å². The van der Waals surface area contributed by atoms with Crippen molar-refractivity contribution in [2.75, 3.05) is 32.6 Å². The molecule has 0 saturated heterocycles. The maximum absolute atomic E-state index is 11.8. The first-order chi connectivity index (χ1) is 8.06. The summed E-state index contributed by atoms with van der Waals surface area (Å²) < 4.78 is 0. The van der Waals surface area contributed by atoms with E-state index in [0.717, 1.165) is 11.3 Å². The highest BCUT2D eigenvalue weighted by Gasteiger charge is 2.12. The summed E-state index contributed by atoms with van der Waals surface area (Å²) in [5, 5.41) is 10.4. The Labute approximate surface area is 102 Å². The van der Waals surface area contributed by atoms with Crippen molar-refractivity contribution in [2.24, 2.45) is 0 Å². The standard InChI is InChI=1S/C13H17N2O2/c1-14(2)13(17)15(3)12-8-4-6-11(10-12)7-5-9-16/h4-8,10H,9H2,1-3H3/b7-5+. The van der Waals surface area contributed by atoms with E-state index in [1.807, 2.05) is 24.3 Å². The lowest BCUT2D eigenvalue weighted by molar-refractivity contribution is 0.225. The van der Waals surface area contributed by atoms with Crippen LogP contribution in [0.2, 0.25) is 0 Å². The van der Waals surface area contributed by atoms with Gasteiger partial charge >= 0.3 is 6.03 Å². The number of urea groups is 1. The molecule has 1 aromatic carbocycles. The highest BCUT2D eigenvalue weighted by Crippen LogP contribution is 2.16. The van der Waals surface area contributed by atoms with Crippen LogP contribution in [0.25, 0.3) is 6.08 Å². The number of nitrogens with zero attached hydrogens (tertiary/aromatic N) is 2. The molecule has 91 valence electrons. The van der Waals surface area contributed by atoms with Crippen LogP contribution in [0.4, 0.5) is 10.5 Å². The van der Waals surface area contributed by atoms with Crippen molar-refractivity contribution >= 4 is 17.8 Å². The summed E-state index contributed by atoms with van der Waals surface area (Å²) in [5.74, 6) is 0. The van der Waals surface area contributed by atoms with Crippen LogP contribution < -0.4 is 4.90 Å². The molecule has 0 unspecified atom stereocenters. The topological polar surface area (TPSA) is 43.5 Å². The third-order valence-electron chi connectivity index (χ3n) is 2.33. The molecule has 1 aromatic rings. The minimum absolute atomic E-state index is 0.0880. The normalized spacial score (nSPS) is 10.6. The summed E-state index contributed by atoms with van der Waals surface area (Å²) in [6, 6.07) is 7.39. The van der Waals surface area contributed by atoms with Gasteiger partial charge in [0.25, 0.3) is 0 Å². The zero-order valence-corrected chi connectivity index (χ0v) is 10.4. The van der Waals surface area contributed by atoms with Crippen molar-refractivity contribution in [3.63, 3.8) is 0 Å². The van der Waals surface area contributed by atoms with E-state index in [1.54, 1.807) is 38.2 Å². The lowest BCUT2D eigenvalue weighted by atomic mass is 10.2. The van der Waals surface area contributed by atoms with E-state index < -0.39 is 0 Å². The Morgan fingerprint density at radius 1 is 1.29 bits per heavy atom. The summed E-state index contributed by atoms with van der Waals surface area (Å²) >= 11 is 0. The van der Waals surface area contributed by atoms with Crippen molar-refractivity contribution in [1.29, 1.82) is 0 Å². The first-order valence-electron chi connectivity index (χ1n) is 5.36. The Bertz CT molecular complexity index is 414. The first kappa shape index (κ1) is 13.3. The van der Waals surface area contributed by atoms with Gasteiger partial charge in [0.2, 0.25) is 0 Å². The SMILES string of the molecule is CN(C)C(=O)N(C)c1cccc(/C=C/C[O])c1. The Morgan fingerprint density at radius 3 is 2.59 bits per heavy atom. The van der Waals surface area contributed by atoms with E-state index in [2.05, 4.69) is 0 Å². The average Bonchev–Trinajstić information content (AvgIpc) is 2.34. The number of anilines is 1. The lowest BCUT2D eigenvalue weighted by Gasteiger charge is -2.22. The van der Waals surface area contributed by atoms with Gasteiger partial charge in [-0.15, -0.1) is 0 Å². The second kappa shape index (κ2) is 6.06. The van der Waals surface area contributed by atoms with Crippen LogP contribution in [0.15, 0.2) is 30.3 Å². The van der Waals surface area contributed by atoms with Gasteiger partial charge in [0, 0.05) is 26.8 Å². The second-order valence-corrected chi connectivity index (χ2v) is 3.90. The van der Waals surface area contributed by atoms with Gasteiger partial charge in [0.05, 0.1) is 0 Å². The molecule has 0 fully saturated rings. The maximum atomic E-state index is 11.8. The summed E-state index contributed by atoms with van der Waals surface area (Å²) in [6.07, 6.45) is 3.30. The summed E-state index contributed by atoms with van der Waals surface area (Å²) in [7, 11) is 5.14. The Kier molecular flexibility index (Phi) is 4.72. The molecule has 2 amide bonds. The van der Waals surface area contributed by atoms with Crippen LogP contribution in [-0.4, -0.2) is 38.7 Å². The summed E-state index contributed by atoms with van der Waals surface area (Å²) in [6.45, 7) is -0.239. The highest BCUT2D eigenvalue weighted by atomic mass is 16.2. The van der Waals surface area contributed by atoms with Gasteiger partial charge in [-0.05, 0) is 17.7 Å². The van der Waals surface area contributed by atoms with Gasteiger partial charge in [-0.2, -0.15) is 0 Å². The predicted octanol–water partition coefficient (Wildman–Crippen LogP) is 2.25. The molecule has 4 heteroatoms. The molecule has 0 saturated carbocycles. The molecular formula is C13H17N2O2. The predicted molar refractivity (Wildman–Crippen MR) is 68.5 cm³/mol. The third kappa shape index (κ3) is 3.60. The van der Waals surface area contributed by atoms with Crippen molar-refractivity contribution in [1.82, 2.24) is 4.90 Å². The van der Waals surface area contributed by atoms with E-state index in [-0.39, 0.29) is 12.6 Å². The van der Waals surface area contributed by atoms with Gasteiger partial charge in [-0.25, -0.2) is 9.90 Å². The van der Waals surface area contributed by atoms with Crippen LogP contribution in [0, 0.1) is 0 Å². The average molecular weight is 233 g/mol. The number of hydrogen-bond acceptors (Lipinski definition) is 1. The summed E-state index contributed by atoms with van der Waals surface area (Å²) in [5.41, 5.74) is 1.72. The minimum atomic E-state index is -0.239. The molecule has 0 aliphatic heterocycles. The van der Waals surface area contributed by atoms with Crippen LogP contribution in [-0.2, 0) is 5.11 Å². The molecular weight excluding hydrogens is 216 g/mol. The van der Waals surface area contributed by atoms with E-state index in [9.17, 15) is 9.90 Å². The monoisotopic (exact) mass is 233 g/mol. The Morgan fingerprint density at radius 2 is 2.00 bits per heavy atom. The van der Waals surface area contributed by atoms with Crippen molar-refractivity contribution < 1.29 is 9.90 Å². The molecule has 0 heterocycles. The number of amides is 2. The van der Waals surface area contributed by atoms with Crippen molar-refractivity contribution in [3.8, 4) is 0 Å². The number of rotatable bonds is 3. The Hall–Kier alpha value is -1.81. The van der Waals surface area contributed by atoms with Gasteiger partial charge in [0.15, 0.2) is 0 Å². The molecule has 1 rings (SSSR count). The van der Waals surface area contributed by atoms with Crippen molar-refractivity contribution in [2.45, 2.75) is 0 Å². The fraction of sp³-hybridized carbons (Fsp3) is 0.308. The third-order valence-corrected chi connectivity index (χ3v) is 2.33. The molecule has 4 nitrogen and oxygen atoms in total. The number of carbonyl (C=O) groups excluding carboxylic acids is 1. The summed E-state index contributed by atoms with van der Waals surface area (Å²) in [4.78, 5) is 14.8. The van der Waals surface area contributed by atoms with Crippen LogP contribution in [0.1, 0.15) is 5.56 Å². The highest BCUT2D eigenvalue weighted by molar-refractivity contribution is 5.91. The zero-order chi connectivity index (χ0) is 12.8. The molecule has 0 N–H and O–H groups in total. The molecule has 0 atom stereocenters. The van der Waals surface area contributed by atoms with Gasteiger partial charge < -0.3 is 4.90 Å². The van der Waals surface area contributed by atoms with Crippen molar-refractivity contribution in [3.05, 3.63) is 35.9 Å². The molecule has 0 aromatic heterocycles. The first-order valence-corrected chi connectivity index (χ1v) is 5.36. The van der Waals surface area contributed by atoms with E-state index in [0.29, 0.717) is 0 Å². The molecule has 0 aliphatic carbocycles. The van der Waals surface area contributed by atoms with Crippen LogP contribution >= 0.6 is 0 Å².